The number of hydrogen-bond acceptors (Lipinski definition) is 2. The van der Waals surface area contributed by atoms with E-state index in [1.54, 1.807) is 28.9 Å². The first-order valence-electron chi connectivity index (χ1n) is 8.79. The summed E-state index contributed by atoms with van der Waals surface area (Å²) < 4.78 is 13.7. The molecule has 26 heavy (non-hydrogen) atoms. The fraction of sp³-hybridized carbons (Fsp3) is 0.333. The van der Waals surface area contributed by atoms with Gasteiger partial charge in [-0.2, -0.15) is 0 Å². The minimum Gasteiger partial charge on any atom is -0.335 e. The van der Waals surface area contributed by atoms with Crippen molar-refractivity contribution >= 4 is 11.8 Å². The van der Waals surface area contributed by atoms with Gasteiger partial charge in [0.2, 0.25) is 0 Å². The Morgan fingerprint density at radius 3 is 2.00 bits per heavy atom. The average molecular weight is 354 g/mol. The summed E-state index contributed by atoms with van der Waals surface area (Å²) >= 11 is 0. The number of aryl methyl sites for hydroxylation is 3. The predicted molar refractivity (Wildman–Crippen MR) is 98.9 cm³/mol. The molecule has 0 saturated carbocycles. The molecule has 0 N–H and O–H groups in total. The van der Waals surface area contributed by atoms with Gasteiger partial charge >= 0.3 is 0 Å². The van der Waals surface area contributed by atoms with E-state index in [0.29, 0.717) is 42.9 Å². The van der Waals surface area contributed by atoms with E-state index in [-0.39, 0.29) is 17.6 Å². The summed E-state index contributed by atoms with van der Waals surface area (Å²) in [4.78, 5) is 28.8. The first-order valence-corrected chi connectivity index (χ1v) is 8.79. The number of carbonyl (C=O) groups excluding carboxylic acids is 2. The maximum atomic E-state index is 13.7. The normalized spacial score (nSPS) is 14.5. The quantitative estimate of drug-likeness (QED) is 0.830. The maximum absolute atomic E-state index is 13.7. The van der Waals surface area contributed by atoms with Crippen LogP contribution in [0, 0.1) is 26.6 Å². The van der Waals surface area contributed by atoms with Crippen LogP contribution in [-0.2, 0) is 0 Å². The third-order valence-corrected chi connectivity index (χ3v) is 4.90. The summed E-state index contributed by atoms with van der Waals surface area (Å²) in [7, 11) is 0. The number of amides is 2. The van der Waals surface area contributed by atoms with Gasteiger partial charge in [-0.25, -0.2) is 4.39 Å². The van der Waals surface area contributed by atoms with E-state index in [4.69, 9.17) is 0 Å². The number of nitrogens with zero attached hydrogens (tertiary/aromatic N) is 2. The van der Waals surface area contributed by atoms with Crippen molar-refractivity contribution in [2.45, 2.75) is 20.8 Å². The highest BCUT2D eigenvalue weighted by molar-refractivity contribution is 5.97. The second-order valence-corrected chi connectivity index (χ2v) is 6.87. The highest BCUT2D eigenvalue weighted by Crippen LogP contribution is 2.17. The van der Waals surface area contributed by atoms with Gasteiger partial charge in [-0.05, 0) is 50.1 Å². The van der Waals surface area contributed by atoms with E-state index >= 15 is 0 Å². The van der Waals surface area contributed by atoms with Crippen molar-refractivity contribution < 1.29 is 14.0 Å². The third-order valence-electron chi connectivity index (χ3n) is 4.90. The molecule has 0 atom stereocenters. The molecule has 0 bridgehead atoms. The zero-order valence-corrected chi connectivity index (χ0v) is 15.4. The minimum absolute atomic E-state index is 0.000297. The van der Waals surface area contributed by atoms with Crippen molar-refractivity contribution in [1.29, 1.82) is 0 Å². The lowest BCUT2D eigenvalue weighted by atomic mass is 10.0. The number of hydrogen-bond donors (Lipinski definition) is 0. The Bertz CT molecular complexity index is 855. The van der Waals surface area contributed by atoms with E-state index in [1.165, 1.54) is 6.07 Å². The molecule has 5 heteroatoms. The van der Waals surface area contributed by atoms with Gasteiger partial charge in [0, 0.05) is 37.3 Å². The van der Waals surface area contributed by atoms with Gasteiger partial charge in [-0.3, -0.25) is 9.59 Å². The number of benzene rings is 2. The fourth-order valence-electron chi connectivity index (χ4n) is 3.16. The van der Waals surface area contributed by atoms with E-state index in [1.807, 2.05) is 32.0 Å². The van der Waals surface area contributed by atoms with Crippen molar-refractivity contribution in [3.63, 3.8) is 0 Å². The molecule has 0 aromatic heterocycles. The smallest absolute Gasteiger partial charge is 0.254 e. The topological polar surface area (TPSA) is 40.6 Å². The Hall–Kier alpha value is -2.69. The molecule has 1 aliphatic heterocycles. The molecule has 2 aromatic carbocycles. The van der Waals surface area contributed by atoms with Gasteiger partial charge in [0.05, 0.1) is 0 Å². The summed E-state index contributed by atoms with van der Waals surface area (Å²) in [5.41, 5.74) is 3.58. The molecule has 1 fully saturated rings. The van der Waals surface area contributed by atoms with E-state index in [2.05, 4.69) is 0 Å². The SMILES string of the molecule is Cc1ccc(C)c(C(=O)N2CCN(C(=O)c3ccc(C)c(F)c3)CC2)c1. The lowest BCUT2D eigenvalue weighted by Crippen LogP contribution is -2.50. The number of halogens is 1. The van der Waals surface area contributed by atoms with Gasteiger partial charge in [-0.1, -0.05) is 23.8 Å². The van der Waals surface area contributed by atoms with Crippen LogP contribution in [0.15, 0.2) is 36.4 Å². The summed E-state index contributed by atoms with van der Waals surface area (Å²) in [6, 6.07) is 10.4. The van der Waals surface area contributed by atoms with Gasteiger partial charge in [0.25, 0.3) is 11.8 Å². The van der Waals surface area contributed by atoms with E-state index in [0.717, 1.165) is 11.1 Å². The molecule has 0 unspecified atom stereocenters. The zero-order chi connectivity index (χ0) is 18.8. The molecule has 1 saturated heterocycles. The molecule has 2 amide bonds. The maximum Gasteiger partial charge on any atom is 0.254 e. The standard InChI is InChI=1S/C21H23FN2O2/c1-14-4-5-15(2)18(12-14)21(26)24-10-8-23(9-11-24)20(25)17-7-6-16(3)19(22)13-17/h4-7,12-13H,8-11H2,1-3H3. The number of rotatable bonds is 2. The summed E-state index contributed by atoms with van der Waals surface area (Å²) in [5.74, 6) is -0.568. The first-order chi connectivity index (χ1) is 12.4. The predicted octanol–water partition coefficient (Wildman–Crippen LogP) is 3.35. The van der Waals surface area contributed by atoms with Crippen molar-refractivity contribution in [3.8, 4) is 0 Å². The van der Waals surface area contributed by atoms with Crippen LogP contribution in [-0.4, -0.2) is 47.8 Å². The molecular weight excluding hydrogens is 331 g/mol. The van der Waals surface area contributed by atoms with Crippen molar-refractivity contribution in [2.75, 3.05) is 26.2 Å². The second-order valence-electron chi connectivity index (χ2n) is 6.87. The van der Waals surface area contributed by atoms with Gasteiger partial charge in [-0.15, -0.1) is 0 Å². The Balaban J connectivity index is 1.67. The van der Waals surface area contributed by atoms with E-state index in [9.17, 15) is 14.0 Å². The summed E-state index contributed by atoms with van der Waals surface area (Å²) in [6.07, 6.45) is 0. The van der Waals surface area contributed by atoms with Crippen LogP contribution in [0.5, 0.6) is 0 Å². The van der Waals surface area contributed by atoms with Crippen LogP contribution >= 0.6 is 0 Å². The van der Waals surface area contributed by atoms with Crippen LogP contribution in [0.1, 0.15) is 37.4 Å². The fourth-order valence-corrected chi connectivity index (χ4v) is 3.16. The summed E-state index contributed by atoms with van der Waals surface area (Å²) in [5, 5.41) is 0. The highest BCUT2D eigenvalue weighted by Gasteiger charge is 2.26. The minimum atomic E-state index is -0.375. The van der Waals surface area contributed by atoms with Crippen molar-refractivity contribution in [3.05, 3.63) is 70.0 Å². The molecular formula is C21H23FN2O2. The first kappa shape index (κ1) is 18.1. The second kappa shape index (κ2) is 7.28. The molecule has 4 nitrogen and oxygen atoms in total. The molecule has 136 valence electrons. The third kappa shape index (κ3) is 3.62. The Labute approximate surface area is 153 Å². The van der Waals surface area contributed by atoms with Crippen LogP contribution < -0.4 is 0 Å². The van der Waals surface area contributed by atoms with Crippen LogP contribution in [0.4, 0.5) is 4.39 Å². The van der Waals surface area contributed by atoms with Gasteiger partial charge < -0.3 is 9.80 Å². The molecule has 1 heterocycles. The monoisotopic (exact) mass is 354 g/mol. The van der Waals surface area contributed by atoms with Gasteiger partial charge in [0.15, 0.2) is 0 Å². The summed E-state index contributed by atoms with van der Waals surface area (Å²) in [6.45, 7) is 7.42. The zero-order valence-electron chi connectivity index (χ0n) is 15.4. The number of carbonyl (C=O) groups is 2. The average Bonchev–Trinajstić information content (AvgIpc) is 2.65. The molecule has 0 radical (unpaired) electrons. The molecule has 1 aliphatic rings. The van der Waals surface area contributed by atoms with Crippen LogP contribution in [0.2, 0.25) is 0 Å². The Kier molecular flexibility index (Phi) is 5.07. The Morgan fingerprint density at radius 1 is 0.808 bits per heavy atom. The Morgan fingerprint density at radius 2 is 1.38 bits per heavy atom. The lowest BCUT2D eigenvalue weighted by molar-refractivity contribution is 0.0535. The lowest BCUT2D eigenvalue weighted by Gasteiger charge is -2.35. The number of piperazine rings is 1. The van der Waals surface area contributed by atoms with Crippen LogP contribution in [0.25, 0.3) is 0 Å². The van der Waals surface area contributed by atoms with Crippen molar-refractivity contribution in [1.82, 2.24) is 9.80 Å². The van der Waals surface area contributed by atoms with Gasteiger partial charge in [0.1, 0.15) is 5.82 Å². The highest BCUT2D eigenvalue weighted by atomic mass is 19.1. The molecule has 0 spiro atoms. The largest absolute Gasteiger partial charge is 0.335 e. The molecule has 0 aliphatic carbocycles. The van der Waals surface area contributed by atoms with Crippen LogP contribution in [0.3, 0.4) is 0 Å². The molecule has 2 aromatic rings. The molecule has 3 rings (SSSR count). The van der Waals surface area contributed by atoms with E-state index < -0.39 is 0 Å². The van der Waals surface area contributed by atoms with Crippen molar-refractivity contribution in [2.24, 2.45) is 0 Å².